The monoisotopic (exact) mass is 818 g/mol. The normalized spacial score (nSPS) is 11.8. The summed E-state index contributed by atoms with van der Waals surface area (Å²) >= 11 is 0. The fourth-order valence-electron chi connectivity index (χ4n) is 10.3. The summed E-state index contributed by atoms with van der Waals surface area (Å²) in [6.45, 7) is 0. The molecule has 0 aliphatic rings. The minimum Gasteiger partial charge on any atom is -0.307 e. The van der Waals surface area contributed by atoms with Gasteiger partial charge in [0, 0.05) is 27.2 Å². The highest BCUT2D eigenvalue weighted by Gasteiger charge is 2.41. The number of hydrogen-bond donors (Lipinski definition) is 0. The van der Waals surface area contributed by atoms with Gasteiger partial charge in [-0.25, -0.2) is 0 Å². The Labute approximate surface area is 368 Å². The predicted octanol–water partition coefficient (Wildman–Crippen LogP) is 12.6. The summed E-state index contributed by atoms with van der Waals surface area (Å²) in [6.07, 6.45) is 0. The molecule has 12 rings (SSSR count). The van der Waals surface area contributed by atoms with Gasteiger partial charge in [-0.2, -0.15) is 0 Å². The lowest BCUT2D eigenvalue weighted by molar-refractivity contribution is 1.13. The molecule has 0 aliphatic heterocycles. The molecule has 0 bridgehead atoms. The molecule has 296 valence electrons. The molecule has 3 heteroatoms. The van der Waals surface area contributed by atoms with E-state index >= 15 is 0 Å². The lowest BCUT2D eigenvalue weighted by Crippen LogP contribution is -2.74. The van der Waals surface area contributed by atoms with Gasteiger partial charge in [0.25, 0.3) is 0 Å². The van der Waals surface area contributed by atoms with Crippen LogP contribution in [0.4, 0.5) is 0 Å². The second kappa shape index (κ2) is 15.2. The van der Waals surface area contributed by atoms with Crippen molar-refractivity contribution in [2.24, 2.45) is 0 Å². The van der Waals surface area contributed by atoms with Crippen molar-refractivity contribution in [2.45, 2.75) is 0 Å². The fraction of sp³-hybridized carbons (Fsp3) is 0. The maximum absolute atomic E-state index is 2.77. The van der Waals surface area contributed by atoms with Crippen LogP contribution in [0.2, 0.25) is 0 Å². The van der Waals surface area contributed by atoms with Crippen LogP contribution in [-0.4, -0.2) is 17.2 Å². The van der Waals surface area contributed by atoms with Gasteiger partial charge in [-0.15, -0.1) is 0 Å². The maximum Gasteiger partial charge on any atom is 0.179 e. The van der Waals surface area contributed by atoms with Crippen molar-refractivity contribution in [3.8, 4) is 33.6 Å². The summed E-state index contributed by atoms with van der Waals surface area (Å²) in [5.74, 6) is 0. The van der Waals surface area contributed by atoms with Crippen LogP contribution in [0, 0.1) is 0 Å². The Bertz CT molecular complexity index is 3480. The molecule has 0 amide bonds. The molecule has 0 aliphatic carbocycles. The first-order valence-corrected chi connectivity index (χ1v) is 23.8. The molecule has 0 N–H and O–H groups in total. The van der Waals surface area contributed by atoms with Gasteiger partial charge in [0.1, 0.15) is 0 Å². The number of fused-ring (bicyclic) bond motifs is 6. The number of nitrogens with zero attached hydrogens (tertiary/aromatic N) is 2. The maximum atomic E-state index is 2.53. The highest BCUT2D eigenvalue weighted by atomic mass is 28.3. The van der Waals surface area contributed by atoms with E-state index in [9.17, 15) is 0 Å². The minimum absolute atomic E-state index is 1.13. The van der Waals surface area contributed by atoms with Crippen LogP contribution < -0.4 is 20.7 Å². The second-order valence-electron chi connectivity index (χ2n) is 16.5. The summed E-state index contributed by atoms with van der Waals surface area (Å²) in [5.41, 5.74) is 11.8. The van der Waals surface area contributed by atoms with E-state index in [1.807, 2.05) is 0 Å². The lowest BCUT2D eigenvalue weighted by atomic mass is 10.0. The van der Waals surface area contributed by atoms with E-state index in [0.29, 0.717) is 0 Å². The smallest absolute Gasteiger partial charge is 0.179 e. The summed E-state index contributed by atoms with van der Waals surface area (Å²) in [6, 6.07) is 94.2. The Morgan fingerprint density at radius 3 is 1.32 bits per heavy atom. The molecule has 2 nitrogen and oxygen atoms in total. The van der Waals surface area contributed by atoms with Crippen molar-refractivity contribution >= 4 is 72.4 Å². The first-order chi connectivity index (χ1) is 31.3. The van der Waals surface area contributed by atoms with Gasteiger partial charge in [0.15, 0.2) is 8.07 Å². The van der Waals surface area contributed by atoms with Crippen molar-refractivity contribution in [1.82, 2.24) is 9.13 Å². The highest BCUT2D eigenvalue weighted by Crippen LogP contribution is 2.41. The van der Waals surface area contributed by atoms with Crippen LogP contribution in [0.5, 0.6) is 0 Å². The molecule has 2 heterocycles. The number of hydrogen-bond acceptors (Lipinski definition) is 0. The number of rotatable bonds is 8. The van der Waals surface area contributed by atoms with E-state index in [0.717, 1.165) is 11.4 Å². The summed E-state index contributed by atoms with van der Waals surface area (Å²) < 4.78 is 5.00. The third kappa shape index (κ3) is 5.93. The predicted molar refractivity (Wildman–Crippen MR) is 270 cm³/mol. The molecule has 10 aromatic carbocycles. The van der Waals surface area contributed by atoms with Gasteiger partial charge >= 0.3 is 0 Å². The largest absolute Gasteiger partial charge is 0.307 e. The molecule has 0 fully saturated rings. The molecule has 63 heavy (non-hydrogen) atoms. The van der Waals surface area contributed by atoms with Crippen LogP contribution >= 0.6 is 0 Å². The Morgan fingerprint density at radius 2 is 0.698 bits per heavy atom. The summed E-state index contributed by atoms with van der Waals surface area (Å²) in [4.78, 5) is 0. The van der Waals surface area contributed by atoms with Gasteiger partial charge in [-0.1, -0.05) is 212 Å². The van der Waals surface area contributed by atoms with Crippen LogP contribution in [0.25, 0.3) is 77.2 Å². The Balaban J connectivity index is 1.14. The summed E-state index contributed by atoms with van der Waals surface area (Å²) in [5, 5.41) is 10.4. The molecular weight excluding hydrogens is 777 g/mol. The zero-order valence-electron chi connectivity index (χ0n) is 34.6. The third-order valence-corrected chi connectivity index (χ3v) is 17.8. The van der Waals surface area contributed by atoms with Gasteiger partial charge in [-0.05, 0) is 85.5 Å². The Kier molecular flexibility index (Phi) is 8.87. The molecule has 0 radical (unpaired) electrons. The Hall–Kier alpha value is -7.98. The summed E-state index contributed by atoms with van der Waals surface area (Å²) in [7, 11) is -2.77. The van der Waals surface area contributed by atoms with Crippen molar-refractivity contribution in [3.63, 3.8) is 0 Å². The topological polar surface area (TPSA) is 9.86 Å². The highest BCUT2D eigenvalue weighted by molar-refractivity contribution is 7.20. The molecule has 0 saturated carbocycles. The van der Waals surface area contributed by atoms with Crippen molar-refractivity contribution in [1.29, 1.82) is 0 Å². The van der Waals surface area contributed by atoms with E-state index in [2.05, 4.69) is 264 Å². The number of para-hydroxylation sites is 2. The lowest BCUT2D eigenvalue weighted by Gasteiger charge is -2.34. The molecular formula is C60H42N2Si. The molecule has 2 aromatic heterocycles. The van der Waals surface area contributed by atoms with Crippen LogP contribution in [0.15, 0.2) is 255 Å². The minimum atomic E-state index is -2.77. The average molecular weight is 819 g/mol. The van der Waals surface area contributed by atoms with Crippen molar-refractivity contribution in [2.75, 3.05) is 0 Å². The molecule has 0 saturated heterocycles. The van der Waals surface area contributed by atoms with Gasteiger partial charge in [-0.3, -0.25) is 0 Å². The number of aromatic nitrogens is 2. The first kappa shape index (κ1) is 36.8. The SMILES string of the molecule is c1ccc(-c2ccc(-n3c4ccc(-c5ccccc5)cc4c4cccc(-n5c6ccccc6c6cc([Si](c7ccccc7)(c7ccccc7)c7ccccc7)ccc65)c43)cc2)cc1. The van der Waals surface area contributed by atoms with Crippen molar-refractivity contribution in [3.05, 3.63) is 255 Å². The van der Waals surface area contributed by atoms with E-state index in [4.69, 9.17) is 0 Å². The first-order valence-electron chi connectivity index (χ1n) is 21.8. The van der Waals surface area contributed by atoms with E-state index in [1.54, 1.807) is 0 Å². The molecule has 0 unspecified atom stereocenters. The second-order valence-corrected chi connectivity index (χ2v) is 20.3. The van der Waals surface area contributed by atoms with Crippen molar-refractivity contribution < 1.29 is 0 Å². The molecule has 12 aromatic rings. The van der Waals surface area contributed by atoms with Crippen LogP contribution in [0.3, 0.4) is 0 Å². The van der Waals surface area contributed by atoms with Crippen LogP contribution in [0.1, 0.15) is 0 Å². The Morgan fingerprint density at radius 1 is 0.254 bits per heavy atom. The van der Waals surface area contributed by atoms with Gasteiger partial charge in [0.05, 0.1) is 27.8 Å². The fourth-order valence-corrected chi connectivity index (χ4v) is 15.0. The molecule has 0 atom stereocenters. The van der Waals surface area contributed by atoms with E-state index in [1.165, 1.54) is 86.6 Å². The van der Waals surface area contributed by atoms with Crippen LogP contribution in [-0.2, 0) is 0 Å². The average Bonchev–Trinajstić information content (AvgIpc) is 3.88. The van der Waals surface area contributed by atoms with Gasteiger partial charge in [0.2, 0.25) is 0 Å². The zero-order chi connectivity index (χ0) is 41.7. The standard InChI is InChI=1S/C60H42N2Si/c1-6-19-43(20-7-1)45-33-36-47(37-34-45)61-57-39-35-46(44-21-8-2-9-22-44)41-54(57)53-30-18-32-59(60(53)61)62-56-31-17-16-29-52(56)55-42-51(38-40-58(55)62)63(48-23-10-3-11-24-48,49-25-12-4-13-26-49)50-27-14-5-15-28-50/h1-42H. The molecule has 0 spiro atoms. The van der Waals surface area contributed by atoms with E-state index < -0.39 is 8.07 Å². The quantitative estimate of drug-likeness (QED) is 0.107. The third-order valence-electron chi connectivity index (χ3n) is 13.1. The van der Waals surface area contributed by atoms with Gasteiger partial charge < -0.3 is 9.13 Å². The van der Waals surface area contributed by atoms with E-state index in [-0.39, 0.29) is 0 Å². The zero-order valence-corrected chi connectivity index (χ0v) is 35.6. The number of benzene rings is 10.